The first-order chi connectivity index (χ1) is 8.90. The molecule has 0 bridgehead atoms. The van der Waals surface area contributed by atoms with E-state index in [1.165, 1.54) is 10.6 Å². The van der Waals surface area contributed by atoms with Crippen LogP contribution in [0.2, 0.25) is 0 Å². The van der Waals surface area contributed by atoms with Crippen LogP contribution < -0.4 is 16.6 Å². The number of nitrogens with two attached hydrogens (primary N) is 1. The number of hydrogen-bond donors (Lipinski definition) is 2. The van der Waals surface area contributed by atoms with Crippen molar-refractivity contribution < 1.29 is 9.53 Å². The van der Waals surface area contributed by atoms with Crippen molar-refractivity contribution in [2.45, 2.75) is 20.4 Å². The Morgan fingerprint density at radius 3 is 2.74 bits per heavy atom. The monoisotopic (exact) mass is 267 g/mol. The number of hydrogen-bond acceptors (Lipinski definition) is 4. The van der Waals surface area contributed by atoms with Crippen molar-refractivity contribution in [1.82, 2.24) is 4.57 Å². The summed E-state index contributed by atoms with van der Waals surface area (Å²) in [6.45, 7) is 4.67. The lowest BCUT2D eigenvalue weighted by atomic mass is 9.92. The molecule has 0 aliphatic rings. The molecule has 0 radical (unpaired) electrons. The quantitative estimate of drug-likeness (QED) is 0.782. The molecule has 0 spiro atoms. The third-order valence-electron chi connectivity index (χ3n) is 2.90. The van der Waals surface area contributed by atoms with E-state index in [1.807, 2.05) is 0 Å². The first-order valence-electron chi connectivity index (χ1n) is 6.11. The highest BCUT2D eigenvalue weighted by Crippen LogP contribution is 2.16. The van der Waals surface area contributed by atoms with Gasteiger partial charge < -0.3 is 20.4 Å². The molecular weight excluding hydrogens is 246 g/mol. The van der Waals surface area contributed by atoms with Gasteiger partial charge in [-0.2, -0.15) is 0 Å². The molecule has 0 aliphatic carbocycles. The topological polar surface area (TPSA) is 86.3 Å². The third kappa shape index (κ3) is 4.18. The SMILES string of the molecule is COCCn1cc(NC(=O)C(C)(C)CN)ccc1=O. The molecule has 1 rings (SSSR count). The van der Waals surface area contributed by atoms with Gasteiger partial charge in [0.1, 0.15) is 0 Å². The number of methoxy groups -OCH3 is 1. The second-order valence-electron chi connectivity index (χ2n) is 4.98. The van der Waals surface area contributed by atoms with Crippen LogP contribution in [0.5, 0.6) is 0 Å². The van der Waals surface area contributed by atoms with Crippen LogP contribution in [0, 0.1) is 5.41 Å². The zero-order chi connectivity index (χ0) is 14.5. The molecule has 1 aromatic heterocycles. The Bertz CT molecular complexity index is 494. The van der Waals surface area contributed by atoms with Crippen LogP contribution in [0.25, 0.3) is 0 Å². The fraction of sp³-hybridized carbons (Fsp3) is 0.538. The number of nitrogens with zero attached hydrogens (tertiary/aromatic N) is 1. The van der Waals surface area contributed by atoms with Gasteiger partial charge >= 0.3 is 0 Å². The molecule has 1 aromatic rings. The fourth-order valence-electron chi connectivity index (χ4n) is 1.36. The molecule has 0 saturated carbocycles. The average Bonchev–Trinajstić information content (AvgIpc) is 2.39. The van der Waals surface area contributed by atoms with E-state index in [4.69, 9.17) is 10.5 Å². The first-order valence-corrected chi connectivity index (χ1v) is 6.11. The second-order valence-corrected chi connectivity index (χ2v) is 4.98. The van der Waals surface area contributed by atoms with E-state index in [1.54, 1.807) is 33.2 Å². The molecule has 6 nitrogen and oxygen atoms in total. The van der Waals surface area contributed by atoms with Crippen LogP contribution in [0.15, 0.2) is 23.1 Å². The van der Waals surface area contributed by atoms with Gasteiger partial charge in [-0.1, -0.05) is 0 Å². The first kappa shape index (κ1) is 15.4. The highest BCUT2D eigenvalue weighted by atomic mass is 16.5. The van der Waals surface area contributed by atoms with E-state index in [9.17, 15) is 9.59 Å². The fourth-order valence-corrected chi connectivity index (χ4v) is 1.36. The average molecular weight is 267 g/mol. The van der Waals surface area contributed by atoms with Crippen molar-refractivity contribution in [2.24, 2.45) is 11.1 Å². The predicted octanol–water partition coefficient (Wildman–Crippen LogP) is 0.418. The molecule has 0 fully saturated rings. The molecule has 1 heterocycles. The Hall–Kier alpha value is -1.66. The maximum absolute atomic E-state index is 12.0. The van der Waals surface area contributed by atoms with Gasteiger partial charge in [0.05, 0.1) is 17.7 Å². The van der Waals surface area contributed by atoms with Gasteiger partial charge in [0, 0.05) is 32.5 Å². The minimum atomic E-state index is -0.645. The van der Waals surface area contributed by atoms with Gasteiger partial charge in [0.15, 0.2) is 0 Å². The summed E-state index contributed by atoms with van der Waals surface area (Å²) in [4.78, 5) is 23.6. The van der Waals surface area contributed by atoms with Crippen molar-refractivity contribution in [3.63, 3.8) is 0 Å². The molecule has 0 aliphatic heterocycles. The Morgan fingerprint density at radius 1 is 1.47 bits per heavy atom. The van der Waals surface area contributed by atoms with E-state index in [0.717, 1.165) is 0 Å². The summed E-state index contributed by atoms with van der Waals surface area (Å²) in [6.07, 6.45) is 1.60. The maximum Gasteiger partial charge on any atom is 0.250 e. The predicted molar refractivity (Wildman–Crippen MR) is 74.0 cm³/mol. The number of pyridine rings is 1. The van der Waals surface area contributed by atoms with Crippen LogP contribution in [-0.2, 0) is 16.1 Å². The van der Waals surface area contributed by atoms with Gasteiger partial charge in [0.2, 0.25) is 5.91 Å². The zero-order valence-electron chi connectivity index (χ0n) is 11.6. The maximum atomic E-state index is 12.0. The molecule has 0 atom stereocenters. The van der Waals surface area contributed by atoms with Gasteiger partial charge in [-0.05, 0) is 19.9 Å². The number of carbonyl (C=O) groups excluding carboxylic acids is 1. The van der Waals surface area contributed by atoms with Gasteiger partial charge in [-0.25, -0.2) is 0 Å². The molecular formula is C13H21N3O3. The lowest BCUT2D eigenvalue weighted by molar-refractivity contribution is -0.123. The minimum absolute atomic E-state index is 0.131. The summed E-state index contributed by atoms with van der Waals surface area (Å²) in [7, 11) is 1.57. The van der Waals surface area contributed by atoms with Crippen LogP contribution in [0.1, 0.15) is 13.8 Å². The second kappa shape index (κ2) is 6.49. The van der Waals surface area contributed by atoms with E-state index in [2.05, 4.69) is 5.32 Å². The Morgan fingerprint density at radius 2 is 2.16 bits per heavy atom. The summed E-state index contributed by atoms with van der Waals surface area (Å²) in [6, 6.07) is 3.00. The Balaban J connectivity index is 2.85. The van der Waals surface area contributed by atoms with Crippen LogP contribution in [0.3, 0.4) is 0 Å². The number of rotatable bonds is 6. The highest BCUT2D eigenvalue weighted by Gasteiger charge is 2.25. The van der Waals surface area contributed by atoms with Crippen LogP contribution >= 0.6 is 0 Å². The minimum Gasteiger partial charge on any atom is -0.383 e. The molecule has 0 aromatic carbocycles. The van der Waals surface area contributed by atoms with E-state index < -0.39 is 5.41 Å². The Kier molecular flexibility index (Phi) is 5.26. The third-order valence-corrected chi connectivity index (χ3v) is 2.90. The number of ether oxygens (including phenoxy) is 1. The van der Waals surface area contributed by atoms with E-state index in [-0.39, 0.29) is 18.0 Å². The van der Waals surface area contributed by atoms with Crippen molar-refractivity contribution in [3.05, 3.63) is 28.7 Å². The summed E-state index contributed by atoms with van der Waals surface area (Å²) in [5.74, 6) is -0.174. The van der Waals surface area contributed by atoms with Crippen LogP contribution in [-0.4, -0.2) is 30.7 Å². The molecule has 3 N–H and O–H groups in total. The zero-order valence-corrected chi connectivity index (χ0v) is 11.6. The summed E-state index contributed by atoms with van der Waals surface area (Å²) in [5.41, 5.74) is 5.34. The molecule has 106 valence electrons. The highest BCUT2D eigenvalue weighted by molar-refractivity contribution is 5.94. The number of aromatic nitrogens is 1. The lowest BCUT2D eigenvalue weighted by Crippen LogP contribution is -2.37. The van der Waals surface area contributed by atoms with E-state index in [0.29, 0.717) is 18.8 Å². The number of nitrogens with one attached hydrogen (secondary N) is 1. The normalized spacial score (nSPS) is 11.4. The van der Waals surface area contributed by atoms with Crippen molar-refractivity contribution in [3.8, 4) is 0 Å². The van der Waals surface area contributed by atoms with Gasteiger partial charge in [0.25, 0.3) is 5.56 Å². The summed E-state index contributed by atoms with van der Waals surface area (Å²) >= 11 is 0. The van der Waals surface area contributed by atoms with Crippen molar-refractivity contribution in [2.75, 3.05) is 25.6 Å². The molecule has 6 heteroatoms. The lowest BCUT2D eigenvalue weighted by Gasteiger charge is -2.21. The Labute approximate surface area is 112 Å². The van der Waals surface area contributed by atoms with E-state index >= 15 is 0 Å². The van der Waals surface area contributed by atoms with Crippen LogP contribution in [0.4, 0.5) is 5.69 Å². The summed E-state index contributed by atoms with van der Waals surface area (Å²) in [5, 5.41) is 2.76. The summed E-state index contributed by atoms with van der Waals surface area (Å²) < 4.78 is 6.42. The standard InChI is InChI=1S/C13H21N3O3/c1-13(2,9-14)12(18)15-10-4-5-11(17)16(8-10)6-7-19-3/h4-5,8H,6-7,9,14H2,1-3H3,(H,15,18). The molecule has 1 amide bonds. The molecule has 19 heavy (non-hydrogen) atoms. The van der Waals surface area contributed by atoms with Crippen molar-refractivity contribution in [1.29, 1.82) is 0 Å². The number of amides is 1. The number of anilines is 1. The number of carbonyl (C=O) groups is 1. The van der Waals surface area contributed by atoms with Gasteiger partial charge in [-0.3, -0.25) is 9.59 Å². The van der Waals surface area contributed by atoms with Gasteiger partial charge in [-0.15, -0.1) is 0 Å². The van der Waals surface area contributed by atoms with Crippen molar-refractivity contribution >= 4 is 11.6 Å². The largest absolute Gasteiger partial charge is 0.383 e. The molecule has 0 saturated heterocycles. The molecule has 0 unspecified atom stereocenters. The smallest absolute Gasteiger partial charge is 0.250 e.